The van der Waals surface area contributed by atoms with Crippen LogP contribution in [-0.4, -0.2) is 45.9 Å². The van der Waals surface area contributed by atoms with Gasteiger partial charge in [0.25, 0.3) is 0 Å². The second-order valence-electron chi connectivity index (χ2n) is 8.14. The number of likely N-dealkylation sites (tertiary alicyclic amines) is 1. The number of fused-ring (bicyclic) bond motifs is 1. The number of hydrogen-bond donors (Lipinski definition) is 0. The number of ether oxygens (including phenoxy) is 2. The molecule has 6 nitrogen and oxygen atoms in total. The molecule has 0 bridgehead atoms. The van der Waals surface area contributed by atoms with Gasteiger partial charge < -0.3 is 18.9 Å². The van der Waals surface area contributed by atoms with Crippen molar-refractivity contribution in [3.63, 3.8) is 0 Å². The fourth-order valence-electron chi connectivity index (χ4n) is 4.41. The van der Waals surface area contributed by atoms with Crippen molar-refractivity contribution in [1.82, 2.24) is 14.5 Å². The molecule has 0 N–H and O–H groups in total. The lowest BCUT2D eigenvalue weighted by Gasteiger charge is -2.25. The number of hydrogen-bond acceptors (Lipinski definition) is 5. The summed E-state index contributed by atoms with van der Waals surface area (Å²) in [6.07, 6.45) is 4.74. The molecule has 0 saturated carbocycles. The van der Waals surface area contributed by atoms with E-state index in [4.69, 9.17) is 9.47 Å². The molecule has 1 aromatic heterocycles. The van der Waals surface area contributed by atoms with E-state index in [1.165, 1.54) is 11.8 Å². The van der Waals surface area contributed by atoms with Crippen LogP contribution in [0.3, 0.4) is 0 Å². The number of amides is 1. The van der Waals surface area contributed by atoms with Crippen LogP contribution >= 0.6 is 11.8 Å². The number of carbonyl (C=O) groups excluding carboxylic acids is 1. The second kappa shape index (κ2) is 9.28. The highest BCUT2D eigenvalue weighted by atomic mass is 32.2. The molecule has 3 heterocycles. The van der Waals surface area contributed by atoms with E-state index in [1.807, 2.05) is 42.4 Å². The van der Waals surface area contributed by atoms with Gasteiger partial charge >= 0.3 is 0 Å². The van der Waals surface area contributed by atoms with Gasteiger partial charge in [-0.25, -0.2) is 4.98 Å². The van der Waals surface area contributed by atoms with Gasteiger partial charge in [0.05, 0.1) is 36.9 Å². The van der Waals surface area contributed by atoms with Crippen LogP contribution in [0.4, 0.5) is 0 Å². The number of benzene rings is 2. The highest BCUT2D eigenvalue weighted by Crippen LogP contribution is 2.38. The first-order valence-electron chi connectivity index (χ1n) is 11.1. The average molecular weight is 450 g/mol. The molecule has 32 heavy (non-hydrogen) atoms. The molecular formula is C25H27N3O3S. The minimum absolute atomic E-state index is 0.0847. The van der Waals surface area contributed by atoms with E-state index in [1.54, 1.807) is 0 Å². The van der Waals surface area contributed by atoms with Gasteiger partial charge in [0, 0.05) is 20.0 Å². The van der Waals surface area contributed by atoms with Crippen molar-refractivity contribution in [1.29, 1.82) is 0 Å². The molecule has 0 radical (unpaired) electrons. The van der Waals surface area contributed by atoms with Crippen LogP contribution in [0.15, 0.2) is 59.9 Å². The molecule has 0 aliphatic carbocycles. The van der Waals surface area contributed by atoms with Gasteiger partial charge in [0.1, 0.15) is 0 Å². The summed E-state index contributed by atoms with van der Waals surface area (Å²) in [5.41, 5.74) is 3.29. The first kappa shape index (κ1) is 20.9. The Morgan fingerprint density at radius 3 is 2.75 bits per heavy atom. The molecule has 2 aliphatic heterocycles. The molecule has 1 amide bonds. The first-order valence-corrected chi connectivity index (χ1v) is 12.1. The van der Waals surface area contributed by atoms with Crippen LogP contribution in [0.5, 0.6) is 11.5 Å². The molecule has 5 rings (SSSR count). The molecule has 0 spiro atoms. The molecule has 3 aromatic rings. The Morgan fingerprint density at radius 2 is 1.91 bits per heavy atom. The van der Waals surface area contributed by atoms with Crippen LogP contribution in [0.2, 0.25) is 0 Å². The number of aromatic nitrogens is 2. The second-order valence-corrected chi connectivity index (χ2v) is 9.08. The van der Waals surface area contributed by atoms with E-state index >= 15 is 0 Å². The van der Waals surface area contributed by atoms with Crippen LogP contribution in [0.25, 0.3) is 11.3 Å². The predicted octanol–water partition coefficient (Wildman–Crippen LogP) is 4.70. The summed E-state index contributed by atoms with van der Waals surface area (Å²) in [7, 11) is 2.00. The molecule has 1 fully saturated rings. The van der Waals surface area contributed by atoms with Crippen molar-refractivity contribution >= 4 is 17.7 Å². The van der Waals surface area contributed by atoms with Gasteiger partial charge in [-0.1, -0.05) is 48.2 Å². The molecule has 0 unspecified atom stereocenters. The first-order chi connectivity index (χ1) is 15.7. The molecule has 7 heteroatoms. The zero-order chi connectivity index (χ0) is 21.9. The van der Waals surface area contributed by atoms with E-state index in [0.717, 1.165) is 59.3 Å². The lowest BCUT2D eigenvalue weighted by molar-refractivity contribution is -0.129. The third-order valence-corrected chi connectivity index (χ3v) is 7.10. The molecule has 166 valence electrons. The smallest absolute Gasteiger partial charge is 0.233 e. The summed E-state index contributed by atoms with van der Waals surface area (Å²) in [5, 5.41) is 0.850. The molecular weight excluding hydrogens is 422 g/mol. The van der Waals surface area contributed by atoms with E-state index in [0.29, 0.717) is 19.0 Å². The van der Waals surface area contributed by atoms with Gasteiger partial charge in [-0.15, -0.1) is 0 Å². The average Bonchev–Trinajstić information content (AvgIpc) is 3.38. The number of rotatable bonds is 5. The SMILES string of the molecule is Cn1c(-c2ccccc2)cnc1SCC(=O)N1CCC[C@@H]1c1ccc2c(c1)OCCCO2. The lowest BCUT2D eigenvalue weighted by atomic mass is 10.0. The Morgan fingerprint density at radius 1 is 1.09 bits per heavy atom. The fraction of sp³-hybridized carbons (Fsp3) is 0.360. The van der Waals surface area contributed by atoms with Crippen LogP contribution in [0.1, 0.15) is 30.9 Å². The normalized spacial score (nSPS) is 17.9. The van der Waals surface area contributed by atoms with Gasteiger partial charge in [-0.05, 0) is 36.1 Å². The minimum atomic E-state index is 0.0847. The van der Waals surface area contributed by atoms with Crippen LogP contribution in [0, 0.1) is 0 Å². The number of carbonyl (C=O) groups is 1. The highest BCUT2D eigenvalue weighted by Gasteiger charge is 2.31. The number of thioether (sulfide) groups is 1. The fourth-order valence-corrected chi connectivity index (χ4v) is 5.25. The van der Waals surface area contributed by atoms with Gasteiger partial charge in [0.2, 0.25) is 5.91 Å². The summed E-state index contributed by atoms with van der Waals surface area (Å²) in [6, 6.07) is 16.4. The highest BCUT2D eigenvalue weighted by molar-refractivity contribution is 7.99. The maximum Gasteiger partial charge on any atom is 0.233 e. The van der Waals surface area contributed by atoms with Gasteiger partial charge in [0.15, 0.2) is 16.7 Å². The minimum Gasteiger partial charge on any atom is -0.490 e. The van der Waals surface area contributed by atoms with E-state index in [9.17, 15) is 4.79 Å². The summed E-state index contributed by atoms with van der Waals surface area (Å²) in [4.78, 5) is 19.7. The third kappa shape index (κ3) is 4.21. The monoisotopic (exact) mass is 449 g/mol. The predicted molar refractivity (Wildman–Crippen MR) is 125 cm³/mol. The van der Waals surface area contributed by atoms with E-state index in [2.05, 4.69) is 33.8 Å². The summed E-state index contributed by atoms with van der Waals surface area (Å²) >= 11 is 1.50. The maximum atomic E-state index is 13.1. The third-order valence-electron chi connectivity index (χ3n) is 6.07. The van der Waals surface area contributed by atoms with Crippen molar-refractivity contribution in [2.24, 2.45) is 7.05 Å². The summed E-state index contributed by atoms with van der Waals surface area (Å²) in [6.45, 7) is 2.13. The van der Waals surface area contributed by atoms with Crippen molar-refractivity contribution in [3.05, 3.63) is 60.3 Å². The largest absolute Gasteiger partial charge is 0.490 e. The Bertz CT molecular complexity index is 1100. The Balaban J connectivity index is 1.27. The van der Waals surface area contributed by atoms with Crippen LogP contribution < -0.4 is 9.47 Å². The standard InChI is InChI=1S/C25H27N3O3S/c1-27-21(18-7-3-2-4-8-18)16-26-25(27)32-17-24(29)28-12-5-9-20(28)19-10-11-22-23(15-19)31-14-6-13-30-22/h2-4,7-8,10-11,15-16,20H,5-6,9,12-14,17H2,1H3/t20-/m1/s1. The molecule has 1 saturated heterocycles. The Labute approximate surface area is 192 Å². The topological polar surface area (TPSA) is 56.6 Å². The Hall–Kier alpha value is -2.93. The molecule has 2 aliphatic rings. The van der Waals surface area contributed by atoms with Gasteiger partial charge in [-0.3, -0.25) is 4.79 Å². The quantitative estimate of drug-likeness (QED) is 0.528. The van der Waals surface area contributed by atoms with E-state index in [-0.39, 0.29) is 11.9 Å². The molecule has 2 aromatic carbocycles. The molecule has 1 atom stereocenters. The number of imidazole rings is 1. The van der Waals surface area contributed by atoms with E-state index < -0.39 is 0 Å². The summed E-state index contributed by atoms with van der Waals surface area (Å²) in [5.74, 6) is 2.10. The zero-order valence-corrected chi connectivity index (χ0v) is 19.0. The summed E-state index contributed by atoms with van der Waals surface area (Å²) < 4.78 is 13.7. The van der Waals surface area contributed by atoms with Crippen molar-refractivity contribution in [3.8, 4) is 22.8 Å². The van der Waals surface area contributed by atoms with Crippen LogP contribution in [-0.2, 0) is 11.8 Å². The lowest BCUT2D eigenvalue weighted by Crippen LogP contribution is -2.32. The maximum absolute atomic E-state index is 13.1. The van der Waals surface area contributed by atoms with Crippen molar-refractivity contribution in [2.75, 3.05) is 25.5 Å². The number of nitrogens with zero attached hydrogens (tertiary/aromatic N) is 3. The van der Waals surface area contributed by atoms with Crippen molar-refractivity contribution in [2.45, 2.75) is 30.5 Å². The Kier molecular flexibility index (Phi) is 6.08. The van der Waals surface area contributed by atoms with Crippen molar-refractivity contribution < 1.29 is 14.3 Å². The zero-order valence-electron chi connectivity index (χ0n) is 18.2. The van der Waals surface area contributed by atoms with Gasteiger partial charge in [-0.2, -0.15) is 0 Å².